The zero-order valence-corrected chi connectivity index (χ0v) is 16.8. The van der Waals surface area contributed by atoms with E-state index in [1.807, 2.05) is 67.6 Å². The van der Waals surface area contributed by atoms with Crippen molar-refractivity contribution in [2.24, 2.45) is 0 Å². The monoisotopic (exact) mass is 399 g/mol. The second-order valence-corrected chi connectivity index (χ2v) is 10.1. The largest absolute Gasteiger partial charge is 0.373 e. The van der Waals surface area contributed by atoms with Gasteiger partial charge in [-0.3, -0.25) is 4.79 Å². The zero-order valence-electron chi connectivity index (χ0n) is 16.0. The lowest BCUT2D eigenvalue weighted by Gasteiger charge is -2.42. The molecule has 2 fully saturated rings. The molecule has 1 amide bonds. The summed E-state index contributed by atoms with van der Waals surface area (Å²) in [6, 6.07) is 19.3. The standard InChI is InChI=1S/C22H25NO4S/c1-22(18-10-6-3-7-11-18,14-17-8-4-2-5-9-17)21(24)23-12-13-27-20-16-28(25,26)15-19(20)23/h2-11,19-20H,12-16H2,1H3. The minimum Gasteiger partial charge on any atom is -0.373 e. The predicted molar refractivity (Wildman–Crippen MR) is 108 cm³/mol. The number of ether oxygens (including phenoxy) is 1. The number of hydrogen-bond acceptors (Lipinski definition) is 4. The number of nitrogens with zero attached hydrogens (tertiary/aromatic N) is 1. The third-order valence-corrected chi connectivity index (χ3v) is 7.57. The summed E-state index contributed by atoms with van der Waals surface area (Å²) < 4.78 is 30.0. The van der Waals surface area contributed by atoms with Crippen LogP contribution in [0.15, 0.2) is 60.7 Å². The molecule has 2 aliphatic heterocycles. The number of hydrogen-bond donors (Lipinski definition) is 0. The third-order valence-electron chi connectivity index (χ3n) is 5.88. The maximum Gasteiger partial charge on any atom is 0.233 e. The molecule has 2 aromatic rings. The molecule has 5 nitrogen and oxygen atoms in total. The average Bonchev–Trinajstić information content (AvgIpc) is 3.02. The minimum absolute atomic E-state index is 0.00217. The van der Waals surface area contributed by atoms with Crippen LogP contribution in [0.2, 0.25) is 0 Å². The second kappa shape index (κ2) is 7.33. The molecule has 3 unspecified atom stereocenters. The Kier molecular flexibility index (Phi) is 5.02. The van der Waals surface area contributed by atoms with Crippen molar-refractivity contribution >= 4 is 15.7 Å². The first-order chi connectivity index (χ1) is 13.4. The molecule has 4 rings (SSSR count). The first-order valence-electron chi connectivity index (χ1n) is 9.62. The Bertz CT molecular complexity index is 945. The fraction of sp³-hybridized carbons (Fsp3) is 0.409. The smallest absolute Gasteiger partial charge is 0.233 e. The van der Waals surface area contributed by atoms with Crippen molar-refractivity contribution in [2.75, 3.05) is 24.7 Å². The van der Waals surface area contributed by atoms with Crippen LogP contribution in [-0.4, -0.2) is 56.0 Å². The first-order valence-corrected chi connectivity index (χ1v) is 11.4. The van der Waals surface area contributed by atoms with Crippen LogP contribution < -0.4 is 0 Å². The van der Waals surface area contributed by atoms with Gasteiger partial charge in [0.1, 0.15) is 0 Å². The van der Waals surface area contributed by atoms with Gasteiger partial charge in [-0.25, -0.2) is 8.42 Å². The van der Waals surface area contributed by atoms with Crippen LogP contribution in [-0.2, 0) is 31.2 Å². The molecule has 0 N–H and O–H groups in total. The van der Waals surface area contributed by atoms with Crippen LogP contribution in [0.4, 0.5) is 0 Å². The van der Waals surface area contributed by atoms with Gasteiger partial charge in [-0.2, -0.15) is 0 Å². The molecule has 3 atom stereocenters. The molecular formula is C22H25NO4S. The molecule has 2 aliphatic rings. The van der Waals surface area contributed by atoms with Gasteiger partial charge in [0.05, 0.1) is 35.7 Å². The molecule has 0 spiro atoms. The Labute approximate surface area is 166 Å². The predicted octanol–water partition coefficient (Wildman–Crippen LogP) is 2.21. The van der Waals surface area contributed by atoms with Crippen LogP contribution in [0.5, 0.6) is 0 Å². The molecule has 2 aromatic carbocycles. The van der Waals surface area contributed by atoms with E-state index in [9.17, 15) is 13.2 Å². The third kappa shape index (κ3) is 3.59. The Hall–Kier alpha value is -2.18. The van der Waals surface area contributed by atoms with Gasteiger partial charge < -0.3 is 9.64 Å². The van der Waals surface area contributed by atoms with E-state index in [0.717, 1.165) is 11.1 Å². The molecule has 0 aromatic heterocycles. The molecule has 0 saturated carbocycles. The highest BCUT2D eigenvalue weighted by molar-refractivity contribution is 7.91. The van der Waals surface area contributed by atoms with Gasteiger partial charge in [-0.05, 0) is 24.5 Å². The molecule has 2 heterocycles. The number of rotatable bonds is 4. The van der Waals surface area contributed by atoms with Crippen LogP contribution in [0.1, 0.15) is 18.1 Å². The molecule has 28 heavy (non-hydrogen) atoms. The molecule has 148 valence electrons. The Morgan fingerprint density at radius 3 is 2.39 bits per heavy atom. The quantitative estimate of drug-likeness (QED) is 0.791. The van der Waals surface area contributed by atoms with Crippen molar-refractivity contribution in [1.29, 1.82) is 0 Å². The van der Waals surface area contributed by atoms with Crippen LogP contribution in [0.3, 0.4) is 0 Å². The number of benzene rings is 2. The maximum atomic E-state index is 13.9. The summed E-state index contributed by atoms with van der Waals surface area (Å²) in [5, 5.41) is 0. The highest BCUT2D eigenvalue weighted by Crippen LogP contribution is 2.34. The number of amides is 1. The molecule has 2 saturated heterocycles. The molecule has 0 bridgehead atoms. The van der Waals surface area contributed by atoms with Gasteiger partial charge >= 0.3 is 0 Å². The number of sulfone groups is 1. The average molecular weight is 400 g/mol. The van der Waals surface area contributed by atoms with Crippen LogP contribution in [0, 0.1) is 0 Å². The molecule has 0 aliphatic carbocycles. The topological polar surface area (TPSA) is 63.7 Å². The van der Waals surface area contributed by atoms with Crippen molar-refractivity contribution in [1.82, 2.24) is 4.90 Å². The highest BCUT2D eigenvalue weighted by Gasteiger charge is 2.49. The van der Waals surface area contributed by atoms with Gasteiger partial charge in [0.2, 0.25) is 5.91 Å². The maximum absolute atomic E-state index is 13.9. The summed E-state index contributed by atoms with van der Waals surface area (Å²) >= 11 is 0. The van der Waals surface area contributed by atoms with Gasteiger partial charge in [-0.1, -0.05) is 60.7 Å². The summed E-state index contributed by atoms with van der Waals surface area (Å²) in [4.78, 5) is 15.6. The molecular weight excluding hydrogens is 374 g/mol. The first kappa shape index (κ1) is 19.2. The van der Waals surface area contributed by atoms with Gasteiger partial charge in [0, 0.05) is 6.54 Å². The van der Waals surface area contributed by atoms with Crippen molar-refractivity contribution in [2.45, 2.75) is 30.9 Å². The number of fused-ring (bicyclic) bond motifs is 1. The van der Waals surface area contributed by atoms with Crippen molar-refractivity contribution in [3.63, 3.8) is 0 Å². The SMILES string of the molecule is CC(Cc1ccccc1)(C(=O)N1CCOC2CS(=O)(=O)CC21)c1ccccc1. The van der Waals surface area contributed by atoms with Crippen molar-refractivity contribution in [3.05, 3.63) is 71.8 Å². The van der Waals surface area contributed by atoms with E-state index in [4.69, 9.17) is 4.74 Å². The van der Waals surface area contributed by atoms with Crippen molar-refractivity contribution < 1.29 is 17.9 Å². The summed E-state index contributed by atoms with van der Waals surface area (Å²) in [5.41, 5.74) is 1.23. The Morgan fingerprint density at radius 1 is 1.07 bits per heavy atom. The van der Waals surface area contributed by atoms with Crippen LogP contribution in [0.25, 0.3) is 0 Å². The lowest BCUT2D eigenvalue weighted by atomic mass is 9.75. The van der Waals surface area contributed by atoms with Gasteiger partial charge in [0.25, 0.3) is 0 Å². The number of carbonyl (C=O) groups is 1. The van der Waals surface area contributed by atoms with Gasteiger partial charge in [-0.15, -0.1) is 0 Å². The Balaban J connectivity index is 1.71. The molecule has 0 radical (unpaired) electrons. The lowest BCUT2D eigenvalue weighted by Crippen LogP contribution is -2.58. The molecule has 6 heteroatoms. The lowest BCUT2D eigenvalue weighted by molar-refractivity contribution is -0.148. The minimum atomic E-state index is -3.18. The van der Waals surface area contributed by atoms with E-state index in [2.05, 4.69) is 0 Å². The Morgan fingerprint density at radius 2 is 1.71 bits per heavy atom. The summed E-state index contributed by atoms with van der Waals surface area (Å²) in [5.74, 6) is -0.0418. The summed E-state index contributed by atoms with van der Waals surface area (Å²) in [7, 11) is -3.18. The fourth-order valence-corrected chi connectivity index (χ4v) is 6.27. The van der Waals surface area contributed by atoms with E-state index in [-0.39, 0.29) is 17.4 Å². The van der Waals surface area contributed by atoms with E-state index in [1.165, 1.54) is 0 Å². The van der Waals surface area contributed by atoms with Gasteiger partial charge in [0.15, 0.2) is 9.84 Å². The summed E-state index contributed by atoms with van der Waals surface area (Å²) in [6.45, 7) is 2.76. The van der Waals surface area contributed by atoms with Crippen molar-refractivity contribution in [3.8, 4) is 0 Å². The normalized spacial score (nSPS) is 25.7. The number of morpholine rings is 1. The van der Waals surface area contributed by atoms with E-state index in [1.54, 1.807) is 4.90 Å². The number of carbonyl (C=O) groups excluding carboxylic acids is 1. The second-order valence-electron chi connectivity index (χ2n) is 7.91. The summed E-state index contributed by atoms with van der Waals surface area (Å²) in [6.07, 6.45) is 0.137. The van der Waals surface area contributed by atoms with Crippen LogP contribution >= 0.6 is 0 Å². The van der Waals surface area contributed by atoms with E-state index in [0.29, 0.717) is 19.6 Å². The fourth-order valence-electron chi connectivity index (χ4n) is 4.40. The van der Waals surface area contributed by atoms with E-state index < -0.39 is 27.4 Å². The highest BCUT2D eigenvalue weighted by atomic mass is 32.2. The van der Waals surface area contributed by atoms with E-state index >= 15 is 0 Å². The zero-order chi connectivity index (χ0) is 19.8.